The molecule has 19 heavy (non-hydrogen) atoms. The molecule has 1 unspecified atom stereocenters. The van der Waals surface area contributed by atoms with Gasteiger partial charge < -0.3 is 5.32 Å². The van der Waals surface area contributed by atoms with Crippen molar-refractivity contribution in [2.24, 2.45) is 0 Å². The molecule has 0 fully saturated rings. The number of hydrogen-bond donors (Lipinski definition) is 1. The van der Waals surface area contributed by atoms with Crippen LogP contribution in [0.4, 0.5) is 0 Å². The van der Waals surface area contributed by atoms with Crippen molar-refractivity contribution in [1.82, 2.24) is 5.32 Å². The molecule has 1 N–H and O–H groups in total. The van der Waals surface area contributed by atoms with Crippen LogP contribution in [0.5, 0.6) is 0 Å². The lowest BCUT2D eigenvalue weighted by atomic mass is 9.94. The Morgan fingerprint density at radius 1 is 1.11 bits per heavy atom. The number of benzene rings is 1. The molecule has 3 heteroatoms. The summed E-state index contributed by atoms with van der Waals surface area (Å²) in [5.74, 6) is 0.498. The summed E-state index contributed by atoms with van der Waals surface area (Å²) >= 11 is 7.70. The average Bonchev–Trinajstić information content (AvgIpc) is 2.81. The molecule has 1 aromatic heterocycles. The Bertz CT molecular complexity index is 492. The molecular formula is C16H20ClNS. The van der Waals surface area contributed by atoms with E-state index in [1.54, 1.807) is 11.3 Å². The van der Waals surface area contributed by atoms with E-state index in [4.69, 9.17) is 11.6 Å². The van der Waals surface area contributed by atoms with Gasteiger partial charge >= 0.3 is 0 Å². The number of halogens is 1. The number of thiophene rings is 1. The van der Waals surface area contributed by atoms with Gasteiger partial charge in [-0.05, 0) is 24.1 Å². The van der Waals surface area contributed by atoms with Gasteiger partial charge in [0.1, 0.15) is 0 Å². The van der Waals surface area contributed by atoms with E-state index in [9.17, 15) is 0 Å². The van der Waals surface area contributed by atoms with Gasteiger partial charge in [-0.25, -0.2) is 0 Å². The van der Waals surface area contributed by atoms with Crippen LogP contribution in [0, 0.1) is 0 Å². The molecule has 0 saturated heterocycles. The Balaban J connectivity index is 2.10. The molecule has 0 aliphatic carbocycles. The van der Waals surface area contributed by atoms with E-state index in [0.717, 1.165) is 17.3 Å². The molecule has 0 saturated carbocycles. The molecule has 1 nitrogen and oxygen atoms in total. The van der Waals surface area contributed by atoms with Crippen LogP contribution in [-0.2, 0) is 6.42 Å². The third-order valence-electron chi connectivity index (χ3n) is 3.12. The van der Waals surface area contributed by atoms with E-state index in [-0.39, 0.29) is 0 Å². The highest BCUT2D eigenvalue weighted by Gasteiger charge is 2.13. The van der Waals surface area contributed by atoms with E-state index in [0.29, 0.717) is 12.0 Å². The highest BCUT2D eigenvalue weighted by molar-refractivity contribution is 7.16. The molecule has 0 aliphatic rings. The van der Waals surface area contributed by atoms with Crippen molar-refractivity contribution in [3.05, 3.63) is 57.2 Å². The molecule has 0 radical (unpaired) electrons. The minimum Gasteiger partial charge on any atom is -0.314 e. The summed E-state index contributed by atoms with van der Waals surface area (Å²) in [5, 5.41) is 3.54. The van der Waals surface area contributed by atoms with E-state index in [2.05, 4.69) is 55.6 Å². The van der Waals surface area contributed by atoms with Crippen LogP contribution in [0.2, 0.25) is 4.34 Å². The summed E-state index contributed by atoms with van der Waals surface area (Å²) in [6, 6.07) is 15.3. The van der Waals surface area contributed by atoms with Crippen LogP contribution >= 0.6 is 22.9 Å². The largest absolute Gasteiger partial charge is 0.314 e. The quantitative estimate of drug-likeness (QED) is 0.812. The van der Waals surface area contributed by atoms with Crippen LogP contribution in [0.1, 0.15) is 30.2 Å². The molecule has 0 aliphatic heterocycles. The summed E-state index contributed by atoms with van der Waals surface area (Å²) in [4.78, 5) is 1.35. The second-order valence-corrected chi connectivity index (χ2v) is 6.88. The SMILES string of the molecule is CC(C)NCC(Cc1ccc(Cl)s1)c1ccccc1. The maximum Gasteiger partial charge on any atom is 0.0931 e. The number of rotatable bonds is 6. The molecule has 0 bridgehead atoms. The van der Waals surface area contributed by atoms with E-state index >= 15 is 0 Å². The van der Waals surface area contributed by atoms with Gasteiger partial charge in [0, 0.05) is 23.4 Å². The lowest BCUT2D eigenvalue weighted by Crippen LogP contribution is -2.28. The summed E-state index contributed by atoms with van der Waals surface area (Å²) < 4.78 is 0.874. The maximum absolute atomic E-state index is 6.02. The summed E-state index contributed by atoms with van der Waals surface area (Å²) in [5.41, 5.74) is 1.39. The maximum atomic E-state index is 6.02. The van der Waals surface area contributed by atoms with Crippen LogP contribution in [-0.4, -0.2) is 12.6 Å². The van der Waals surface area contributed by atoms with Gasteiger partial charge in [0.25, 0.3) is 0 Å². The molecule has 0 spiro atoms. The number of nitrogens with one attached hydrogen (secondary N) is 1. The standard InChI is InChI=1S/C16H20ClNS/c1-12(2)18-11-14(13-6-4-3-5-7-13)10-15-8-9-16(17)19-15/h3-9,12,14,18H,10-11H2,1-2H3. The fraction of sp³-hybridized carbons (Fsp3) is 0.375. The van der Waals surface area contributed by atoms with Crippen LogP contribution in [0.15, 0.2) is 42.5 Å². The normalized spacial score (nSPS) is 12.8. The van der Waals surface area contributed by atoms with Gasteiger partial charge in [0.05, 0.1) is 4.34 Å². The van der Waals surface area contributed by atoms with Crippen molar-refractivity contribution in [3.63, 3.8) is 0 Å². The molecule has 2 aromatic rings. The summed E-state index contributed by atoms with van der Waals surface area (Å²) in [6.45, 7) is 5.37. The van der Waals surface area contributed by atoms with Crippen molar-refractivity contribution in [1.29, 1.82) is 0 Å². The Labute approximate surface area is 124 Å². The monoisotopic (exact) mass is 293 g/mol. The van der Waals surface area contributed by atoms with Gasteiger partial charge in [0.15, 0.2) is 0 Å². The van der Waals surface area contributed by atoms with Gasteiger partial charge in [0.2, 0.25) is 0 Å². The topological polar surface area (TPSA) is 12.0 Å². The predicted molar refractivity (Wildman–Crippen MR) is 85.4 cm³/mol. The average molecular weight is 294 g/mol. The molecule has 2 rings (SSSR count). The Morgan fingerprint density at radius 2 is 1.84 bits per heavy atom. The zero-order valence-corrected chi connectivity index (χ0v) is 13.0. The fourth-order valence-corrected chi connectivity index (χ4v) is 3.28. The Kier molecular flexibility index (Phi) is 5.44. The van der Waals surface area contributed by atoms with E-state index < -0.39 is 0 Å². The lowest BCUT2D eigenvalue weighted by Gasteiger charge is -2.19. The highest BCUT2D eigenvalue weighted by Crippen LogP contribution is 2.27. The first-order chi connectivity index (χ1) is 9.15. The minimum absolute atomic E-state index is 0.498. The molecule has 1 heterocycles. The van der Waals surface area contributed by atoms with Crippen molar-refractivity contribution in [3.8, 4) is 0 Å². The molecule has 1 aromatic carbocycles. The second-order valence-electron chi connectivity index (χ2n) is 5.08. The molecule has 1 atom stereocenters. The first-order valence-corrected chi connectivity index (χ1v) is 7.87. The molecule has 102 valence electrons. The van der Waals surface area contributed by atoms with Crippen LogP contribution < -0.4 is 5.32 Å². The minimum atomic E-state index is 0.498. The fourth-order valence-electron chi connectivity index (χ4n) is 2.12. The van der Waals surface area contributed by atoms with Gasteiger partial charge in [-0.3, -0.25) is 0 Å². The van der Waals surface area contributed by atoms with Gasteiger partial charge in [-0.2, -0.15) is 0 Å². The third kappa shape index (κ3) is 4.64. The van der Waals surface area contributed by atoms with Gasteiger partial charge in [-0.1, -0.05) is 55.8 Å². The van der Waals surface area contributed by atoms with Crippen LogP contribution in [0.25, 0.3) is 0 Å². The zero-order chi connectivity index (χ0) is 13.7. The van der Waals surface area contributed by atoms with Crippen molar-refractivity contribution >= 4 is 22.9 Å². The first-order valence-electron chi connectivity index (χ1n) is 6.67. The third-order valence-corrected chi connectivity index (χ3v) is 4.37. The smallest absolute Gasteiger partial charge is 0.0931 e. The summed E-state index contributed by atoms with van der Waals surface area (Å²) in [7, 11) is 0. The van der Waals surface area contributed by atoms with E-state index in [1.807, 2.05) is 6.07 Å². The Hall–Kier alpha value is -0.830. The van der Waals surface area contributed by atoms with Crippen molar-refractivity contribution in [2.45, 2.75) is 32.2 Å². The predicted octanol–water partition coefficient (Wildman–Crippen LogP) is 4.73. The first kappa shape index (κ1) is 14.6. The Morgan fingerprint density at radius 3 is 2.42 bits per heavy atom. The molecular weight excluding hydrogens is 274 g/mol. The van der Waals surface area contributed by atoms with E-state index in [1.165, 1.54) is 10.4 Å². The number of hydrogen-bond acceptors (Lipinski definition) is 2. The zero-order valence-electron chi connectivity index (χ0n) is 11.4. The van der Waals surface area contributed by atoms with Gasteiger partial charge in [-0.15, -0.1) is 11.3 Å². The van der Waals surface area contributed by atoms with Crippen molar-refractivity contribution in [2.75, 3.05) is 6.54 Å². The second kappa shape index (κ2) is 7.09. The van der Waals surface area contributed by atoms with Crippen molar-refractivity contribution < 1.29 is 0 Å². The highest BCUT2D eigenvalue weighted by atomic mass is 35.5. The summed E-state index contributed by atoms with van der Waals surface area (Å²) in [6.07, 6.45) is 1.04. The lowest BCUT2D eigenvalue weighted by molar-refractivity contribution is 0.528. The van der Waals surface area contributed by atoms with Crippen LogP contribution in [0.3, 0.4) is 0 Å². The molecule has 0 amide bonds.